The number of nitrogens with zero attached hydrogens (tertiary/aromatic N) is 2. The second-order valence-electron chi connectivity index (χ2n) is 9.32. The number of aromatic nitrogens is 1. The van der Waals surface area contributed by atoms with Crippen LogP contribution in [0, 0.1) is 6.92 Å². The van der Waals surface area contributed by atoms with Crippen LogP contribution < -0.4 is 4.90 Å². The van der Waals surface area contributed by atoms with Crippen molar-refractivity contribution >= 4 is 22.8 Å². The highest BCUT2D eigenvalue weighted by molar-refractivity contribution is 7.13. The van der Waals surface area contributed by atoms with Crippen molar-refractivity contribution in [2.24, 2.45) is 0 Å². The molecule has 2 heterocycles. The van der Waals surface area contributed by atoms with Gasteiger partial charge in [-0.15, -0.1) is 11.3 Å². The summed E-state index contributed by atoms with van der Waals surface area (Å²) in [5, 5.41) is 10.4. The number of hydrogen-bond acceptors (Lipinski definition) is 5. The Bertz CT molecular complexity index is 1280. The quantitative estimate of drug-likeness (QED) is 0.342. The number of aryl methyl sites for hydroxylation is 2. The maximum absolute atomic E-state index is 13.3. The van der Waals surface area contributed by atoms with Crippen LogP contribution in [0.2, 0.25) is 0 Å². The molecule has 178 valence electrons. The number of rotatable bonds is 8. The maximum Gasteiger partial charge on any atom is 0.155 e. The maximum atomic E-state index is 13.3. The monoisotopic (exact) mass is 482 g/mol. The molecule has 4 aromatic rings. The first-order chi connectivity index (χ1) is 17.1. The van der Waals surface area contributed by atoms with Gasteiger partial charge in [-0.25, -0.2) is 4.98 Å². The van der Waals surface area contributed by atoms with Gasteiger partial charge >= 0.3 is 0 Å². The van der Waals surface area contributed by atoms with E-state index in [4.69, 9.17) is 0 Å². The third-order valence-electron chi connectivity index (χ3n) is 6.77. The molecule has 35 heavy (non-hydrogen) atoms. The molecular formula is C30H30N2O2S. The lowest BCUT2D eigenvalue weighted by atomic mass is 9.99. The van der Waals surface area contributed by atoms with Gasteiger partial charge in [0.15, 0.2) is 5.78 Å². The van der Waals surface area contributed by atoms with Crippen LogP contribution in [0.5, 0.6) is 0 Å². The Labute approximate surface area is 210 Å². The number of aliphatic hydroxyl groups is 1. The van der Waals surface area contributed by atoms with Crippen molar-refractivity contribution in [1.82, 2.24) is 4.98 Å². The zero-order chi connectivity index (χ0) is 24.2. The molecule has 2 atom stereocenters. The van der Waals surface area contributed by atoms with Gasteiger partial charge in [-0.3, -0.25) is 4.79 Å². The lowest BCUT2D eigenvalue weighted by Gasteiger charge is -2.26. The van der Waals surface area contributed by atoms with Gasteiger partial charge in [0.1, 0.15) is 0 Å². The average Bonchev–Trinajstić information content (AvgIpc) is 3.49. The van der Waals surface area contributed by atoms with E-state index < -0.39 is 6.10 Å². The van der Waals surface area contributed by atoms with Crippen LogP contribution in [0.3, 0.4) is 0 Å². The second-order valence-corrected chi connectivity index (χ2v) is 10.2. The first-order valence-electron chi connectivity index (χ1n) is 12.2. The molecule has 0 amide bonds. The van der Waals surface area contributed by atoms with E-state index in [1.807, 2.05) is 30.6 Å². The van der Waals surface area contributed by atoms with E-state index in [0.717, 1.165) is 23.4 Å². The van der Waals surface area contributed by atoms with Gasteiger partial charge in [-0.1, -0.05) is 66.7 Å². The third-order valence-corrected chi connectivity index (χ3v) is 7.74. The van der Waals surface area contributed by atoms with Crippen LogP contribution in [0.15, 0.2) is 84.4 Å². The number of anilines is 1. The van der Waals surface area contributed by atoms with Gasteiger partial charge < -0.3 is 10.0 Å². The second kappa shape index (κ2) is 10.5. The summed E-state index contributed by atoms with van der Waals surface area (Å²) in [6.45, 7) is 2.52. The van der Waals surface area contributed by atoms with Crippen molar-refractivity contribution < 1.29 is 9.90 Å². The summed E-state index contributed by atoms with van der Waals surface area (Å²) in [5.41, 5.74) is 8.71. The topological polar surface area (TPSA) is 53.4 Å². The van der Waals surface area contributed by atoms with E-state index >= 15 is 0 Å². The number of Topliss-reactive ketones (excluding diaryl/α,β-unsaturated/α-hetero) is 1. The molecule has 0 spiro atoms. The fourth-order valence-corrected chi connectivity index (χ4v) is 5.73. The average molecular weight is 483 g/mol. The highest BCUT2D eigenvalue weighted by Crippen LogP contribution is 2.30. The van der Waals surface area contributed by atoms with Crippen LogP contribution in [-0.4, -0.2) is 34.6 Å². The minimum atomic E-state index is -0.483. The molecule has 1 aliphatic rings. The van der Waals surface area contributed by atoms with Crippen molar-refractivity contribution in [2.75, 3.05) is 11.4 Å². The lowest BCUT2D eigenvalue weighted by Crippen LogP contribution is -2.36. The number of β-amino-alcohol motifs (C(OH)–C–C–N with tert-alkyl or cyclic N) is 1. The third kappa shape index (κ3) is 5.53. The van der Waals surface area contributed by atoms with Gasteiger partial charge in [0.25, 0.3) is 0 Å². The molecular weight excluding hydrogens is 452 g/mol. The summed E-state index contributed by atoms with van der Waals surface area (Å²) < 4.78 is 0. The summed E-state index contributed by atoms with van der Waals surface area (Å²) in [7, 11) is 0. The summed E-state index contributed by atoms with van der Waals surface area (Å²) in [6.07, 6.45) is 2.03. The summed E-state index contributed by atoms with van der Waals surface area (Å²) in [5.74, 6) is 0.192. The minimum Gasteiger partial charge on any atom is -0.391 e. The van der Waals surface area contributed by atoms with E-state index in [9.17, 15) is 9.90 Å². The van der Waals surface area contributed by atoms with Crippen molar-refractivity contribution in [2.45, 2.75) is 44.8 Å². The zero-order valence-electron chi connectivity index (χ0n) is 19.9. The van der Waals surface area contributed by atoms with Crippen molar-refractivity contribution in [3.63, 3.8) is 0 Å². The first kappa shape index (κ1) is 23.5. The Hall–Kier alpha value is -3.28. The lowest BCUT2D eigenvalue weighted by molar-refractivity contribution is -0.120. The number of carbonyl (C=O) groups excluding carboxylic acids is 1. The molecule has 5 heteroatoms. The molecule has 1 aromatic heterocycles. The molecule has 0 unspecified atom stereocenters. The normalized spacial score (nSPS) is 17.6. The molecule has 0 aliphatic carbocycles. The number of benzene rings is 3. The van der Waals surface area contributed by atoms with Crippen LogP contribution in [0.4, 0.5) is 5.69 Å². The Kier molecular flexibility index (Phi) is 7.07. The predicted octanol–water partition coefficient (Wildman–Crippen LogP) is 5.85. The largest absolute Gasteiger partial charge is 0.391 e. The molecule has 1 saturated heterocycles. The SMILES string of the molecule is Cc1ncsc1-c1ccc(CCC(=O)[C@@H]2C[C@@H](O)CN2c2cccc(Cc3ccccc3)c2)cc1. The molecule has 5 rings (SSSR count). The van der Waals surface area contributed by atoms with Crippen molar-refractivity contribution in [3.05, 3.63) is 107 Å². The Morgan fingerprint density at radius 3 is 2.51 bits per heavy atom. The standard InChI is InChI=1S/C30H30N2O2S/c1-21-30(35-20-31-21)25-13-10-22(11-14-25)12-15-29(34)28-18-27(33)19-32(28)26-9-5-8-24(17-26)16-23-6-3-2-4-7-23/h2-11,13-14,17,20,27-28,33H,12,15-16,18-19H2,1H3/t27-,28+/m1/s1. The van der Waals surface area contributed by atoms with Crippen molar-refractivity contribution in [1.29, 1.82) is 0 Å². The minimum absolute atomic E-state index is 0.192. The van der Waals surface area contributed by atoms with Crippen LogP contribution in [0.25, 0.3) is 10.4 Å². The zero-order valence-corrected chi connectivity index (χ0v) is 20.7. The molecule has 0 bridgehead atoms. The first-order valence-corrected chi connectivity index (χ1v) is 13.0. The van der Waals surface area contributed by atoms with Crippen LogP contribution in [0.1, 0.15) is 35.2 Å². The van der Waals surface area contributed by atoms with Gasteiger partial charge in [0.2, 0.25) is 0 Å². The number of thiazole rings is 1. The highest BCUT2D eigenvalue weighted by Gasteiger charge is 2.35. The molecule has 0 radical (unpaired) electrons. The number of carbonyl (C=O) groups is 1. The molecule has 0 saturated carbocycles. The Morgan fingerprint density at radius 1 is 1.00 bits per heavy atom. The molecule has 1 fully saturated rings. The fraction of sp³-hybridized carbons (Fsp3) is 0.267. The van der Waals surface area contributed by atoms with Gasteiger partial charge in [-0.2, -0.15) is 0 Å². The van der Waals surface area contributed by atoms with Crippen molar-refractivity contribution in [3.8, 4) is 10.4 Å². The van der Waals surface area contributed by atoms with Gasteiger partial charge in [0.05, 0.1) is 28.2 Å². The van der Waals surface area contributed by atoms with E-state index in [2.05, 4.69) is 70.5 Å². The van der Waals surface area contributed by atoms with Crippen LogP contribution >= 0.6 is 11.3 Å². The summed E-state index contributed by atoms with van der Waals surface area (Å²) in [4.78, 5) is 20.9. The fourth-order valence-electron chi connectivity index (χ4n) is 4.92. The van der Waals surface area contributed by atoms with E-state index in [1.54, 1.807) is 11.3 Å². The molecule has 4 nitrogen and oxygen atoms in total. The van der Waals surface area contributed by atoms with Crippen LogP contribution in [-0.2, 0) is 17.6 Å². The highest BCUT2D eigenvalue weighted by atomic mass is 32.1. The number of hydrogen-bond donors (Lipinski definition) is 1. The smallest absolute Gasteiger partial charge is 0.155 e. The van der Waals surface area contributed by atoms with E-state index in [1.165, 1.54) is 21.6 Å². The Balaban J connectivity index is 1.25. The van der Waals surface area contributed by atoms with Gasteiger partial charge in [-0.05, 0) is 54.2 Å². The molecule has 3 aromatic carbocycles. The molecule has 1 aliphatic heterocycles. The van der Waals surface area contributed by atoms with Gasteiger partial charge in [0, 0.05) is 25.1 Å². The number of ketones is 1. The summed E-state index contributed by atoms with van der Waals surface area (Å²) >= 11 is 1.65. The molecule has 1 N–H and O–H groups in total. The predicted molar refractivity (Wildman–Crippen MR) is 143 cm³/mol. The number of aliphatic hydroxyl groups excluding tert-OH is 1. The summed E-state index contributed by atoms with van der Waals surface area (Å²) in [6, 6.07) is 26.9. The van der Waals surface area contributed by atoms with E-state index in [-0.39, 0.29) is 11.8 Å². The Morgan fingerprint density at radius 2 is 1.77 bits per heavy atom. The van der Waals surface area contributed by atoms with E-state index in [0.29, 0.717) is 25.8 Å².